The zero-order valence-electron chi connectivity index (χ0n) is 15.8. The van der Waals surface area contributed by atoms with E-state index in [9.17, 15) is 14.0 Å². The first-order valence-corrected chi connectivity index (χ1v) is 9.11. The van der Waals surface area contributed by atoms with Crippen molar-refractivity contribution in [1.82, 2.24) is 14.7 Å². The lowest BCUT2D eigenvalue weighted by Gasteiger charge is -2.16. The third kappa shape index (κ3) is 3.72. The zero-order valence-corrected chi connectivity index (χ0v) is 15.8. The van der Waals surface area contributed by atoms with Gasteiger partial charge in [-0.15, -0.1) is 0 Å². The molecule has 0 spiro atoms. The molecule has 0 radical (unpaired) electrons. The molecule has 0 N–H and O–H groups in total. The van der Waals surface area contributed by atoms with E-state index in [1.807, 2.05) is 11.6 Å². The maximum Gasteiger partial charge on any atom is 0.311 e. The van der Waals surface area contributed by atoms with Crippen LogP contribution in [0.5, 0.6) is 0 Å². The number of nitrogens with zero attached hydrogens (tertiary/aromatic N) is 3. The SMILES string of the molecule is CCCn1ncc(C(=O)N2C[C@H](C(=O)OC)[C@@H](c3ccc(F)cc3)C2)c1C. The maximum absolute atomic E-state index is 13.3. The molecule has 27 heavy (non-hydrogen) atoms. The molecule has 2 heterocycles. The van der Waals surface area contributed by atoms with Gasteiger partial charge in [0.05, 0.1) is 24.8 Å². The van der Waals surface area contributed by atoms with Crippen molar-refractivity contribution in [2.75, 3.05) is 20.2 Å². The van der Waals surface area contributed by atoms with Gasteiger partial charge in [0.2, 0.25) is 0 Å². The van der Waals surface area contributed by atoms with E-state index in [1.165, 1.54) is 19.2 Å². The number of carbonyl (C=O) groups is 2. The predicted molar refractivity (Wildman–Crippen MR) is 97.8 cm³/mol. The molecule has 1 amide bonds. The highest BCUT2D eigenvalue weighted by Gasteiger charge is 2.41. The number of hydrogen-bond acceptors (Lipinski definition) is 4. The van der Waals surface area contributed by atoms with Crippen molar-refractivity contribution >= 4 is 11.9 Å². The van der Waals surface area contributed by atoms with E-state index in [0.717, 1.165) is 24.2 Å². The number of methoxy groups -OCH3 is 1. The second kappa shape index (κ2) is 7.90. The van der Waals surface area contributed by atoms with E-state index in [-0.39, 0.29) is 30.2 Å². The summed E-state index contributed by atoms with van der Waals surface area (Å²) < 4.78 is 20.0. The summed E-state index contributed by atoms with van der Waals surface area (Å²) in [5, 5.41) is 4.29. The Hall–Kier alpha value is -2.70. The first-order valence-electron chi connectivity index (χ1n) is 9.11. The monoisotopic (exact) mass is 373 g/mol. The van der Waals surface area contributed by atoms with Crippen LogP contribution in [0, 0.1) is 18.7 Å². The quantitative estimate of drug-likeness (QED) is 0.756. The normalized spacial score (nSPS) is 19.3. The Balaban J connectivity index is 1.86. The number of carbonyl (C=O) groups excluding carboxylic acids is 2. The third-order valence-corrected chi connectivity index (χ3v) is 5.18. The number of likely N-dealkylation sites (tertiary alicyclic amines) is 1. The Morgan fingerprint density at radius 1 is 1.26 bits per heavy atom. The molecule has 0 unspecified atom stereocenters. The zero-order chi connectivity index (χ0) is 19.6. The first-order chi connectivity index (χ1) is 13.0. The second-order valence-corrected chi connectivity index (χ2v) is 6.86. The number of ether oxygens (including phenoxy) is 1. The summed E-state index contributed by atoms with van der Waals surface area (Å²) >= 11 is 0. The lowest BCUT2D eigenvalue weighted by Crippen LogP contribution is -2.30. The average molecular weight is 373 g/mol. The van der Waals surface area contributed by atoms with Gasteiger partial charge in [-0.05, 0) is 31.0 Å². The fraction of sp³-hybridized carbons (Fsp3) is 0.450. The van der Waals surface area contributed by atoms with Gasteiger partial charge in [-0.1, -0.05) is 19.1 Å². The highest BCUT2D eigenvalue weighted by Crippen LogP contribution is 2.34. The Bertz CT molecular complexity index is 831. The molecule has 1 aromatic carbocycles. The fourth-order valence-electron chi connectivity index (χ4n) is 3.67. The number of benzene rings is 1. The lowest BCUT2D eigenvalue weighted by atomic mass is 9.89. The van der Waals surface area contributed by atoms with E-state index in [0.29, 0.717) is 12.1 Å². The minimum Gasteiger partial charge on any atom is -0.469 e. The van der Waals surface area contributed by atoms with Gasteiger partial charge in [-0.25, -0.2) is 4.39 Å². The van der Waals surface area contributed by atoms with Gasteiger partial charge in [0.25, 0.3) is 5.91 Å². The van der Waals surface area contributed by atoms with Crippen LogP contribution >= 0.6 is 0 Å². The number of aromatic nitrogens is 2. The average Bonchev–Trinajstić information content (AvgIpc) is 3.26. The Morgan fingerprint density at radius 2 is 1.96 bits per heavy atom. The van der Waals surface area contributed by atoms with E-state index < -0.39 is 5.92 Å². The molecular formula is C20H24FN3O3. The topological polar surface area (TPSA) is 64.4 Å². The molecule has 1 aromatic heterocycles. The summed E-state index contributed by atoms with van der Waals surface area (Å²) in [4.78, 5) is 27.0. The van der Waals surface area contributed by atoms with E-state index in [2.05, 4.69) is 12.0 Å². The van der Waals surface area contributed by atoms with Crippen molar-refractivity contribution in [3.05, 3.63) is 53.1 Å². The number of rotatable bonds is 5. The number of amides is 1. The maximum atomic E-state index is 13.3. The summed E-state index contributed by atoms with van der Waals surface area (Å²) in [6, 6.07) is 6.06. The van der Waals surface area contributed by atoms with Crippen LogP contribution in [-0.2, 0) is 16.1 Å². The van der Waals surface area contributed by atoms with Gasteiger partial charge in [0.15, 0.2) is 0 Å². The molecule has 1 aliphatic rings. The van der Waals surface area contributed by atoms with Crippen molar-refractivity contribution in [3.63, 3.8) is 0 Å². The van der Waals surface area contributed by atoms with Gasteiger partial charge in [-0.2, -0.15) is 5.10 Å². The summed E-state index contributed by atoms with van der Waals surface area (Å²) in [6.07, 6.45) is 2.52. The summed E-state index contributed by atoms with van der Waals surface area (Å²) in [7, 11) is 1.34. The molecule has 0 aliphatic carbocycles. The van der Waals surface area contributed by atoms with Gasteiger partial charge < -0.3 is 9.64 Å². The van der Waals surface area contributed by atoms with Crippen LogP contribution in [0.15, 0.2) is 30.5 Å². The number of aryl methyl sites for hydroxylation is 1. The standard InChI is InChI=1S/C20H24FN3O3/c1-4-9-24-13(2)16(10-22-24)19(25)23-11-17(18(12-23)20(26)27-3)14-5-7-15(21)8-6-14/h5-8,10,17-18H,4,9,11-12H2,1-3H3/t17-,18+/m1/s1. The Kier molecular flexibility index (Phi) is 5.58. The molecule has 2 aromatic rings. The van der Waals surface area contributed by atoms with Crippen molar-refractivity contribution in [1.29, 1.82) is 0 Å². The van der Waals surface area contributed by atoms with E-state index >= 15 is 0 Å². The van der Waals surface area contributed by atoms with Gasteiger partial charge in [-0.3, -0.25) is 14.3 Å². The van der Waals surface area contributed by atoms with Crippen LogP contribution in [0.2, 0.25) is 0 Å². The molecule has 0 bridgehead atoms. The van der Waals surface area contributed by atoms with E-state index in [1.54, 1.807) is 23.2 Å². The van der Waals surface area contributed by atoms with Gasteiger partial charge in [0.1, 0.15) is 5.82 Å². The molecule has 6 nitrogen and oxygen atoms in total. The Morgan fingerprint density at radius 3 is 2.59 bits per heavy atom. The van der Waals surface area contributed by atoms with Crippen LogP contribution in [-0.4, -0.2) is 46.8 Å². The largest absolute Gasteiger partial charge is 0.469 e. The molecule has 3 rings (SSSR count). The van der Waals surface area contributed by atoms with Crippen LogP contribution in [0.1, 0.15) is 40.9 Å². The summed E-state index contributed by atoms with van der Waals surface area (Å²) in [5.74, 6) is -1.55. The molecule has 1 saturated heterocycles. The van der Waals surface area contributed by atoms with Crippen LogP contribution < -0.4 is 0 Å². The smallest absolute Gasteiger partial charge is 0.311 e. The summed E-state index contributed by atoms with van der Waals surface area (Å²) in [5.41, 5.74) is 2.19. The molecule has 144 valence electrons. The second-order valence-electron chi connectivity index (χ2n) is 6.86. The van der Waals surface area contributed by atoms with Crippen LogP contribution in [0.3, 0.4) is 0 Å². The molecule has 0 saturated carbocycles. The molecule has 7 heteroatoms. The third-order valence-electron chi connectivity index (χ3n) is 5.18. The highest BCUT2D eigenvalue weighted by atomic mass is 19.1. The molecule has 1 fully saturated rings. The lowest BCUT2D eigenvalue weighted by molar-refractivity contribution is -0.145. The van der Waals surface area contributed by atoms with Crippen molar-refractivity contribution in [2.45, 2.75) is 32.7 Å². The number of esters is 1. The molecule has 1 aliphatic heterocycles. The first kappa shape index (κ1) is 19.1. The highest BCUT2D eigenvalue weighted by molar-refractivity contribution is 5.95. The van der Waals surface area contributed by atoms with Crippen molar-refractivity contribution < 1.29 is 18.7 Å². The van der Waals surface area contributed by atoms with Gasteiger partial charge >= 0.3 is 5.97 Å². The van der Waals surface area contributed by atoms with Crippen molar-refractivity contribution in [3.8, 4) is 0 Å². The van der Waals surface area contributed by atoms with E-state index in [4.69, 9.17) is 4.74 Å². The fourth-order valence-corrected chi connectivity index (χ4v) is 3.67. The predicted octanol–water partition coefficient (Wildman–Crippen LogP) is 2.77. The Labute approximate surface area is 157 Å². The van der Waals surface area contributed by atoms with Crippen molar-refractivity contribution in [2.24, 2.45) is 5.92 Å². The summed E-state index contributed by atoms with van der Waals surface area (Å²) in [6.45, 7) is 5.33. The van der Waals surface area contributed by atoms with Crippen LogP contribution in [0.4, 0.5) is 4.39 Å². The minimum absolute atomic E-state index is 0.145. The number of hydrogen-bond donors (Lipinski definition) is 0. The minimum atomic E-state index is -0.476. The number of halogens is 1. The molecule has 2 atom stereocenters. The molecular weight excluding hydrogens is 349 g/mol. The van der Waals surface area contributed by atoms with Crippen LogP contribution in [0.25, 0.3) is 0 Å². The van der Waals surface area contributed by atoms with Gasteiger partial charge in [0, 0.05) is 31.2 Å².